The number of hydrogen-bond donors (Lipinski definition) is 2. The first-order valence-electron chi connectivity index (χ1n) is 8.19. The summed E-state index contributed by atoms with van der Waals surface area (Å²) >= 11 is 0. The van der Waals surface area contributed by atoms with Gasteiger partial charge in [-0.25, -0.2) is 13.1 Å². The van der Waals surface area contributed by atoms with Gasteiger partial charge in [-0.3, -0.25) is 0 Å². The smallest absolute Gasteiger partial charge is 0.216 e. The largest absolute Gasteiger partial charge is 0.309 e. The van der Waals surface area contributed by atoms with Crippen LogP contribution in [0, 0.1) is 6.92 Å². The number of benzene rings is 2. The summed E-state index contributed by atoms with van der Waals surface area (Å²) in [6.45, 7) is 7.12. The molecule has 2 aromatic rings. The number of nitrogens with one attached hydrogen (secondary N) is 2. The second-order valence-corrected chi connectivity index (χ2v) is 8.14. The first-order chi connectivity index (χ1) is 11.4. The van der Waals surface area contributed by atoms with Crippen molar-refractivity contribution in [2.75, 3.05) is 0 Å². The number of sulfonamides is 1. The topological polar surface area (TPSA) is 58.2 Å². The monoisotopic (exact) mass is 346 g/mol. The molecule has 0 atom stereocenters. The molecule has 5 heteroatoms. The molecule has 24 heavy (non-hydrogen) atoms. The van der Waals surface area contributed by atoms with Crippen LogP contribution in [0.4, 0.5) is 0 Å². The van der Waals surface area contributed by atoms with Crippen molar-refractivity contribution in [1.29, 1.82) is 0 Å². The summed E-state index contributed by atoms with van der Waals surface area (Å²) in [5.74, 6) is 0.00750. The minimum Gasteiger partial charge on any atom is -0.309 e. The molecule has 0 radical (unpaired) electrons. The molecule has 0 aliphatic carbocycles. The molecule has 0 fully saturated rings. The molecule has 0 unspecified atom stereocenters. The Hall–Kier alpha value is -1.69. The van der Waals surface area contributed by atoms with Gasteiger partial charge in [0, 0.05) is 19.1 Å². The van der Waals surface area contributed by atoms with Gasteiger partial charge in [-0.1, -0.05) is 54.1 Å². The lowest BCUT2D eigenvalue weighted by atomic mass is 10.1. The molecule has 0 aliphatic heterocycles. The van der Waals surface area contributed by atoms with Crippen LogP contribution in [0.15, 0.2) is 48.5 Å². The third-order valence-corrected chi connectivity index (χ3v) is 5.17. The number of hydrogen-bond acceptors (Lipinski definition) is 3. The molecular formula is C19H26N2O2S. The average Bonchev–Trinajstić information content (AvgIpc) is 2.49. The van der Waals surface area contributed by atoms with Crippen molar-refractivity contribution in [1.82, 2.24) is 10.0 Å². The van der Waals surface area contributed by atoms with E-state index in [4.69, 9.17) is 0 Å². The van der Waals surface area contributed by atoms with Gasteiger partial charge in [0.1, 0.15) is 0 Å². The SMILES string of the molecule is Cc1ccc(CNCc2ccccc2CS(=O)(=O)NC(C)C)cc1. The van der Waals surface area contributed by atoms with E-state index in [1.165, 1.54) is 11.1 Å². The summed E-state index contributed by atoms with van der Waals surface area (Å²) in [6.07, 6.45) is 0. The van der Waals surface area contributed by atoms with Gasteiger partial charge >= 0.3 is 0 Å². The van der Waals surface area contributed by atoms with Crippen molar-refractivity contribution >= 4 is 10.0 Å². The fraction of sp³-hybridized carbons (Fsp3) is 0.368. The zero-order valence-corrected chi connectivity index (χ0v) is 15.4. The Balaban J connectivity index is 1.99. The Morgan fingerprint density at radius 1 is 0.917 bits per heavy atom. The second-order valence-electron chi connectivity index (χ2n) is 6.39. The van der Waals surface area contributed by atoms with Crippen LogP contribution in [0.1, 0.15) is 36.1 Å². The van der Waals surface area contributed by atoms with Crippen molar-refractivity contribution in [3.8, 4) is 0 Å². The van der Waals surface area contributed by atoms with Crippen molar-refractivity contribution in [3.63, 3.8) is 0 Å². The van der Waals surface area contributed by atoms with E-state index in [0.29, 0.717) is 6.54 Å². The summed E-state index contributed by atoms with van der Waals surface area (Å²) < 4.78 is 27.0. The van der Waals surface area contributed by atoms with Crippen molar-refractivity contribution in [2.45, 2.75) is 45.7 Å². The van der Waals surface area contributed by atoms with Gasteiger partial charge in [0.05, 0.1) is 5.75 Å². The fourth-order valence-electron chi connectivity index (χ4n) is 2.52. The predicted molar refractivity (Wildman–Crippen MR) is 99.1 cm³/mol. The minimum atomic E-state index is -3.32. The Morgan fingerprint density at radius 3 is 2.17 bits per heavy atom. The molecule has 2 aromatic carbocycles. The molecule has 0 aliphatic rings. The molecule has 0 aromatic heterocycles. The van der Waals surface area contributed by atoms with Gasteiger partial charge in [-0.2, -0.15) is 0 Å². The van der Waals surface area contributed by atoms with E-state index >= 15 is 0 Å². The highest BCUT2D eigenvalue weighted by atomic mass is 32.2. The van der Waals surface area contributed by atoms with Gasteiger partial charge in [-0.15, -0.1) is 0 Å². The molecule has 0 saturated carbocycles. The predicted octanol–water partition coefficient (Wildman–Crippen LogP) is 3.11. The van der Waals surface area contributed by atoms with Crippen LogP contribution < -0.4 is 10.0 Å². The summed E-state index contributed by atoms with van der Waals surface area (Å²) in [4.78, 5) is 0. The Kier molecular flexibility index (Phi) is 6.54. The van der Waals surface area contributed by atoms with Crippen molar-refractivity contribution < 1.29 is 8.42 Å². The maximum Gasteiger partial charge on any atom is 0.216 e. The van der Waals surface area contributed by atoms with Gasteiger partial charge < -0.3 is 5.32 Å². The van der Waals surface area contributed by atoms with Crippen molar-refractivity contribution in [3.05, 3.63) is 70.8 Å². The van der Waals surface area contributed by atoms with Crippen molar-refractivity contribution in [2.24, 2.45) is 0 Å². The summed E-state index contributed by atoms with van der Waals surface area (Å²) in [5.41, 5.74) is 4.31. The molecule has 0 heterocycles. The zero-order valence-electron chi connectivity index (χ0n) is 14.5. The van der Waals surface area contributed by atoms with E-state index in [9.17, 15) is 8.42 Å². The summed E-state index contributed by atoms with van der Waals surface area (Å²) in [5, 5.41) is 3.39. The Bertz CT molecular complexity index is 753. The Morgan fingerprint density at radius 2 is 1.54 bits per heavy atom. The molecule has 0 saturated heterocycles. The third-order valence-electron chi connectivity index (χ3n) is 3.64. The highest BCUT2D eigenvalue weighted by Gasteiger charge is 2.15. The van der Waals surface area contributed by atoms with E-state index in [0.717, 1.165) is 17.7 Å². The lowest BCUT2D eigenvalue weighted by Crippen LogP contribution is -2.31. The van der Waals surface area contributed by atoms with E-state index in [1.54, 1.807) is 0 Å². The average molecular weight is 346 g/mol. The number of aryl methyl sites for hydroxylation is 1. The maximum absolute atomic E-state index is 12.2. The highest BCUT2D eigenvalue weighted by molar-refractivity contribution is 7.88. The van der Waals surface area contributed by atoms with Crippen LogP contribution in [-0.2, 0) is 28.9 Å². The second kappa shape index (κ2) is 8.42. The van der Waals surface area contributed by atoms with Crippen LogP contribution in [0.25, 0.3) is 0 Å². The van der Waals surface area contributed by atoms with Gasteiger partial charge in [0.15, 0.2) is 0 Å². The molecule has 0 spiro atoms. The lowest BCUT2D eigenvalue weighted by Gasteiger charge is -2.13. The van der Waals surface area contributed by atoms with Gasteiger partial charge in [0.2, 0.25) is 10.0 Å². The standard InChI is InChI=1S/C19H26N2O2S/c1-15(2)21-24(22,23)14-19-7-5-4-6-18(19)13-20-12-17-10-8-16(3)9-11-17/h4-11,15,20-21H,12-14H2,1-3H3. The van der Waals surface area contributed by atoms with Crippen LogP contribution in [0.2, 0.25) is 0 Å². The van der Waals surface area contributed by atoms with E-state index in [2.05, 4.69) is 41.2 Å². The van der Waals surface area contributed by atoms with Gasteiger partial charge in [-0.05, 0) is 37.5 Å². The van der Waals surface area contributed by atoms with Crippen LogP contribution in [0.5, 0.6) is 0 Å². The molecule has 2 N–H and O–H groups in total. The van der Waals surface area contributed by atoms with Crippen LogP contribution >= 0.6 is 0 Å². The molecule has 2 rings (SSSR count). The van der Waals surface area contributed by atoms with Gasteiger partial charge in [0.25, 0.3) is 0 Å². The van der Waals surface area contributed by atoms with E-state index in [1.807, 2.05) is 38.1 Å². The highest BCUT2D eigenvalue weighted by Crippen LogP contribution is 2.13. The summed E-state index contributed by atoms with van der Waals surface area (Å²) in [7, 11) is -3.32. The molecule has 0 bridgehead atoms. The fourth-order valence-corrected chi connectivity index (χ4v) is 4.02. The van der Waals surface area contributed by atoms with Crippen LogP contribution in [0.3, 0.4) is 0 Å². The third kappa shape index (κ3) is 6.07. The minimum absolute atomic E-state index is 0.00750. The molecule has 4 nitrogen and oxygen atoms in total. The Labute approximate surface area is 145 Å². The maximum atomic E-state index is 12.2. The first-order valence-corrected chi connectivity index (χ1v) is 9.84. The number of rotatable bonds is 8. The first kappa shape index (κ1) is 18.6. The van der Waals surface area contributed by atoms with E-state index < -0.39 is 10.0 Å². The van der Waals surface area contributed by atoms with Crippen LogP contribution in [-0.4, -0.2) is 14.5 Å². The summed E-state index contributed by atoms with van der Waals surface area (Å²) in [6, 6.07) is 16.0. The molecule has 0 amide bonds. The molecule has 130 valence electrons. The molecular weight excluding hydrogens is 320 g/mol. The normalized spacial score (nSPS) is 11.8. The van der Waals surface area contributed by atoms with E-state index in [-0.39, 0.29) is 11.8 Å². The zero-order chi connectivity index (χ0) is 17.6. The lowest BCUT2D eigenvalue weighted by molar-refractivity contribution is 0.568. The quantitative estimate of drug-likeness (QED) is 0.772.